The molecule has 1 heterocycles. The van der Waals surface area contributed by atoms with Crippen LogP contribution in [0.1, 0.15) is 18.7 Å². The molecule has 0 bridgehead atoms. The molecule has 1 unspecified atom stereocenters. The van der Waals surface area contributed by atoms with Crippen molar-refractivity contribution in [3.63, 3.8) is 0 Å². The van der Waals surface area contributed by atoms with Crippen LogP contribution < -0.4 is 15.8 Å². The van der Waals surface area contributed by atoms with Crippen molar-refractivity contribution in [2.75, 3.05) is 38.4 Å². The number of hydrogen-bond acceptors (Lipinski definition) is 7. The second-order valence-corrected chi connectivity index (χ2v) is 5.50. The van der Waals surface area contributed by atoms with Crippen molar-refractivity contribution in [1.29, 1.82) is 5.26 Å². The van der Waals surface area contributed by atoms with Gasteiger partial charge < -0.3 is 25.3 Å². The molecule has 1 atom stereocenters. The standard InChI is InChI=1S/C13H21N3O3S/c1-8(2)19-12-11(15)10(5-14)20-13(12)16-6-9(18-4)7-17-3/h8-9,16H,6-7,15H2,1-4H3. The molecular formula is C13H21N3O3S. The molecule has 0 aliphatic carbocycles. The summed E-state index contributed by atoms with van der Waals surface area (Å²) in [5, 5.41) is 13.0. The zero-order chi connectivity index (χ0) is 15.1. The van der Waals surface area contributed by atoms with Gasteiger partial charge in [-0.2, -0.15) is 5.26 Å². The maximum Gasteiger partial charge on any atom is 0.178 e. The Morgan fingerprint density at radius 1 is 1.40 bits per heavy atom. The predicted molar refractivity (Wildman–Crippen MR) is 80.4 cm³/mol. The Morgan fingerprint density at radius 3 is 2.60 bits per heavy atom. The van der Waals surface area contributed by atoms with Crippen LogP contribution in [0.3, 0.4) is 0 Å². The monoisotopic (exact) mass is 299 g/mol. The van der Waals surface area contributed by atoms with Crippen LogP contribution in [0.25, 0.3) is 0 Å². The largest absolute Gasteiger partial charge is 0.486 e. The first kappa shape index (κ1) is 16.6. The summed E-state index contributed by atoms with van der Waals surface area (Å²) in [5.41, 5.74) is 6.31. The molecule has 3 N–H and O–H groups in total. The van der Waals surface area contributed by atoms with Gasteiger partial charge in [0.1, 0.15) is 21.6 Å². The van der Waals surface area contributed by atoms with Crippen molar-refractivity contribution in [2.24, 2.45) is 0 Å². The molecule has 20 heavy (non-hydrogen) atoms. The Hall–Kier alpha value is -1.49. The van der Waals surface area contributed by atoms with Crippen molar-refractivity contribution in [3.05, 3.63) is 4.88 Å². The molecule has 112 valence electrons. The number of thiophene rings is 1. The number of rotatable bonds is 8. The van der Waals surface area contributed by atoms with E-state index in [1.807, 2.05) is 13.8 Å². The van der Waals surface area contributed by atoms with E-state index in [1.165, 1.54) is 11.3 Å². The molecule has 0 aliphatic rings. The van der Waals surface area contributed by atoms with Crippen LogP contribution in [0.2, 0.25) is 0 Å². The third kappa shape index (κ3) is 4.27. The molecule has 0 radical (unpaired) electrons. The summed E-state index contributed by atoms with van der Waals surface area (Å²) in [7, 11) is 3.25. The molecule has 0 amide bonds. The minimum Gasteiger partial charge on any atom is -0.486 e. The number of nitrogen functional groups attached to an aromatic ring is 1. The number of methoxy groups -OCH3 is 2. The second-order valence-electron chi connectivity index (χ2n) is 4.48. The Balaban J connectivity index is 2.85. The summed E-state index contributed by atoms with van der Waals surface area (Å²) in [6.45, 7) is 4.85. The van der Waals surface area contributed by atoms with Gasteiger partial charge >= 0.3 is 0 Å². The third-order valence-electron chi connectivity index (χ3n) is 2.53. The summed E-state index contributed by atoms with van der Waals surface area (Å²) in [5.74, 6) is 0.536. The SMILES string of the molecule is COCC(CNc1sc(C#N)c(N)c1OC(C)C)OC. The first-order valence-electron chi connectivity index (χ1n) is 6.28. The number of nitrogens with zero attached hydrogens (tertiary/aromatic N) is 1. The molecule has 0 spiro atoms. The fourth-order valence-electron chi connectivity index (χ4n) is 1.58. The predicted octanol–water partition coefficient (Wildman–Crippen LogP) is 2.06. The van der Waals surface area contributed by atoms with E-state index < -0.39 is 0 Å². The van der Waals surface area contributed by atoms with E-state index in [0.29, 0.717) is 29.5 Å². The van der Waals surface area contributed by atoms with E-state index in [1.54, 1.807) is 14.2 Å². The zero-order valence-corrected chi connectivity index (χ0v) is 13.0. The van der Waals surface area contributed by atoms with Crippen molar-refractivity contribution in [2.45, 2.75) is 26.1 Å². The Kier molecular flexibility index (Phi) is 6.58. The number of nitriles is 1. The van der Waals surface area contributed by atoms with Crippen LogP contribution in [-0.2, 0) is 9.47 Å². The molecule has 7 heteroatoms. The lowest BCUT2D eigenvalue weighted by atomic mass is 10.3. The van der Waals surface area contributed by atoms with Gasteiger partial charge in [0.25, 0.3) is 0 Å². The van der Waals surface area contributed by atoms with Gasteiger partial charge in [0.15, 0.2) is 5.75 Å². The van der Waals surface area contributed by atoms with Crippen molar-refractivity contribution in [1.82, 2.24) is 0 Å². The molecule has 0 saturated carbocycles. The minimum absolute atomic E-state index is 0.0174. The van der Waals surface area contributed by atoms with Gasteiger partial charge in [-0.15, -0.1) is 11.3 Å². The minimum atomic E-state index is -0.0826. The van der Waals surface area contributed by atoms with Gasteiger partial charge in [0.2, 0.25) is 0 Å². The lowest BCUT2D eigenvalue weighted by Crippen LogP contribution is -2.26. The van der Waals surface area contributed by atoms with Gasteiger partial charge in [-0.3, -0.25) is 0 Å². The van der Waals surface area contributed by atoms with Gasteiger partial charge in [0, 0.05) is 20.8 Å². The average molecular weight is 299 g/mol. The number of nitrogens with two attached hydrogens (primary N) is 1. The molecule has 0 fully saturated rings. The normalized spacial score (nSPS) is 12.2. The summed E-state index contributed by atoms with van der Waals surface area (Å²) in [6.07, 6.45) is -0.100. The molecule has 1 aromatic heterocycles. The summed E-state index contributed by atoms with van der Waals surface area (Å²) < 4.78 is 16.0. The average Bonchev–Trinajstić information content (AvgIpc) is 2.71. The summed E-state index contributed by atoms with van der Waals surface area (Å²) in [4.78, 5) is 0.448. The molecule has 1 rings (SSSR count). The Labute approximate surface area is 123 Å². The van der Waals surface area contributed by atoms with Crippen molar-refractivity contribution in [3.8, 4) is 11.8 Å². The van der Waals surface area contributed by atoms with Crippen LogP contribution in [0, 0.1) is 11.3 Å². The van der Waals surface area contributed by atoms with E-state index >= 15 is 0 Å². The molecule has 6 nitrogen and oxygen atoms in total. The van der Waals surface area contributed by atoms with E-state index in [4.69, 9.17) is 25.2 Å². The maximum atomic E-state index is 9.05. The molecular weight excluding hydrogens is 278 g/mol. The number of nitrogens with one attached hydrogen (secondary N) is 1. The third-order valence-corrected chi connectivity index (χ3v) is 3.58. The van der Waals surface area contributed by atoms with Gasteiger partial charge in [-0.25, -0.2) is 0 Å². The number of ether oxygens (including phenoxy) is 3. The fraction of sp³-hybridized carbons (Fsp3) is 0.615. The first-order valence-corrected chi connectivity index (χ1v) is 7.09. The van der Waals surface area contributed by atoms with Crippen LogP contribution >= 0.6 is 11.3 Å². The van der Waals surface area contributed by atoms with E-state index in [2.05, 4.69) is 11.4 Å². The highest BCUT2D eigenvalue weighted by Gasteiger charge is 2.19. The Morgan fingerprint density at radius 2 is 2.10 bits per heavy atom. The molecule has 0 aromatic carbocycles. The fourth-order valence-corrected chi connectivity index (χ4v) is 2.44. The number of hydrogen-bond donors (Lipinski definition) is 2. The van der Waals surface area contributed by atoms with Crippen LogP contribution in [-0.4, -0.2) is 39.6 Å². The smallest absolute Gasteiger partial charge is 0.178 e. The molecule has 1 aromatic rings. The maximum absolute atomic E-state index is 9.05. The first-order chi connectivity index (χ1) is 9.53. The van der Waals surface area contributed by atoms with Crippen LogP contribution in [0.5, 0.6) is 5.75 Å². The zero-order valence-electron chi connectivity index (χ0n) is 12.2. The Bertz CT molecular complexity index is 468. The van der Waals surface area contributed by atoms with Gasteiger partial charge in [-0.05, 0) is 13.8 Å². The lowest BCUT2D eigenvalue weighted by molar-refractivity contribution is 0.0366. The van der Waals surface area contributed by atoms with Crippen molar-refractivity contribution >= 4 is 22.0 Å². The van der Waals surface area contributed by atoms with E-state index in [-0.39, 0.29) is 12.2 Å². The van der Waals surface area contributed by atoms with Gasteiger partial charge in [0.05, 0.1) is 18.8 Å². The van der Waals surface area contributed by atoms with E-state index in [9.17, 15) is 0 Å². The van der Waals surface area contributed by atoms with E-state index in [0.717, 1.165) is 5.00 Å². The molecule has 0 saturated heterocycles. The second kappa shape index (κ2) is 7.94. The van der Waals surface area contributed by atoms with Gasteiger partial charge in [-0.1, -0.05) is 0 Å². The highest BCUT2D eigenvalue weighted by Crippen LogP contribution is 2.42. The summed E-state index contributed by atoms with van der Waals surface area (Å²) >= 11 is 1.28. The van der Waals surface area contributed by atoms with Crippen LogP contribution in [0.4, 0.5) is 10.7 Å². The summed E-state index contributed by atoms with van der Waals surface area (Å²) in [6, 6.07) is 2.07. The highest BCUT2D eigenvalue weighted by molar-refractivity contribution is 7.17. The van der Waals surface area contributed by atoms with Crippen LogP contribution in [0.15, 0.2) is 0 Å². The molecule has 0 aliphatic heterocycles. The quantitative estimate of drug-likeness (QED) is 0.763. The topological polar surface area (TPSA) is 89.5 Å². The lowest BCUT2D eigenvalue weighted by Gasteiger charge is -2.17. The number of anilines is 2. The van der Waals surface area contributed by atoms with Crippen molar-refractivity contribution < 1.29 is 14.2 Å². The highest BCUT2D eigenvalue weighted by atomic mass is 32.1.